The maximum absolute atomic E-state index is 12.1. The smallest absolute Gasteiger partial charge is 0.242 e. The van der Waals surface area contributed by atoms with E-state index in [9.17, 15) is 9.59 Å². The Morgan fingerprint density at radius 1 is 1.10 bits per heavy atom. The van der Waals surface area contributed by atoms with Crippen molar-refractivity contribution < 1.29 is 9.59 Å². The SMILES string of the molecule is CCCNC1CCCC1CCN1CC(=O)N(CC)CC1=O. The number of rotatable bonds is 7. The van der Waals surface area contributed by atoms with Crippen LogP contribution in [0.5, 0.6) is 0 Å². The molecule has 1 aliphatic heterocycles. The number of nitrogens with zero attached hydrogens (tertiary/aromatic N) is 2. The number of amides is 2. The quantitative estimate of drug-likeness (QED) is 0.769. The van der Waals surface area contributed by atoms with Crippen molar-refractivity contribution in [2.45, 2.75) is 52.0 Å². The molecule has 5 nitrogen and oxygen atoms in total. The fourth-order valence-electron chi connectivity index (χ4n) is 3.50. The van der Waals surface area contributed by atoms with Crippen molar-refractivity contribution in [1.82, 2.24) is 15.1 Å². The summed E-state index contributed by atoms with van der Waals surface area (Å²) < 4.78 is 0. The first-order valence-corrected chi connectivity index (χ1v) is 8.44. The number of likely N-dealkylation sites (N-methyl/N-ethyl adjacent to an activating group) is 1. The normalized spacial score (nSPS) is 26.8. The van der Waals surface area contributed by atoms with E-state index in [1.165, 1.54) is 19.3 Å². The van der Waals surface area contributed by atoms with Gasteiger partial charge in [0, 0.05) is 19.1 Å². The molecule has 2 amide bonds. The van der Waals surface area contributed by atoms with Gasteiger partial charge in [-0.25, -0.2) is 0 Å². The molecule has 5 heteroatoms. The molecular formula is C16H29N3O2. The van der Waals surface area contributed by atoms with Gasteiger partial charge in [0.05, 0.1) is 13.1 Å². The van der Waals surface area contributed by atoms with Gasteiger partial charge in [0.15, 0.2) is 0 Å². The second kappa shape index (κ2) is 7.78. The third-order valence-electron chi connectivity index (χ3n) is 4.82. The zero-order valence-electron chi connectivity index (χ0n) is 13.4. The zero-order chi connectivity index (χ0) is 15.2. The second-order valence-corrected chi connectivity index (χ2v) is 6.26. The molecule has 1 aliphatic carbocycles. The summed E-state index contributed by atoms with van der Waals surface area (Å²) in [5.74, 6) is 0.848. The van der Waals surface area contributed by atoms with Gasteiger partial charge in [-0.3, -0.25) is 9.59 Å². The lowest BCUT2D eigenvalue weighted by molar-refractivity contribution is -0.150. The Bertz CT molecular complexity index is 373. The summed E-state index contributed by atoms with van der Waals surface area (Å²) in [4.78, 5) is 27.4. The van der Waals surface area contributed by atoms with Gasteiger partial charge in [0.25, 0.3) is 0 Å². The van der Waals surface area contributed by atoms with Crippen molar-refractivity contribution in [3.63, 3.8) is 0 Å². The van der Waals surface area contributed by atoms with E-state index in [4.69, 9.17) is 0 Å². The van der Waals surface area contributed by atoms with E-state index in [0.29, 0.717) is 18.5 Å². The van der Waals surface area contributed by atoms with E-state index in [1.807, 2.05) is 6.92 Å². The standard InChI is InChI=1S/C16H29N3O2/c1-3-9-17-14-7-5-6-13(14)8-10-19-12-15(20)18(4-2)11-16(19)21/h13-14,17H,3-12H2,1-2H3. The van der Waals surface area contributed by atoms with Gasteiger partial charge in [-0.15, -0.1) is 0 Å². The summed E-state index contributed by atoms with van der Waals surface area (Å²) in [6.07, 6.45) is 5.96. The van der Waals surface area contributed by atoms with Crippen molar-refractivity contribution in [3.05, 3.63) is 0 Å². The van der Waals surface area contributed by atoms with E-state index < -0.39 is 0 Å². The molecule has 1 heterocycles. The molecule has 0 aromatic rings. The number of carbonyl (C=O) groups is 2. The van der Waals surface area contributed by atoms with E-state index >= 15 is 0 Å². The average Bonchev–Trinajstić information content (AvgIpc) is 2.93. The molecule has 0 aromatic carbocycles. The molecule has 0 aromatic heterocycles. The van der Waals surface area contributed by atoms with E-state index in [2.05, 4.69) is 12.2 Å². The molecule has 2 unspecified atom stereocenters. The Morgan fingerprint density at radius 3 is 2.52 bits per heavy atom. The topological polar surface area (TPSA) is 52.7 Å². The summed E-state index contributed by atoms with van der Waals surface area (Å²) in [7, 11) is 0. The molecule has 1 N–H and O–H groups in total. The predicted molar refractivity (Wildman–Crippen MR) is 82.9 cm³/mol. The minimum Gasteiger partial charge on any atom is -0.332 e. The Kier molecular flexibility index (Phi) is 6.03. The van der Waals surface area contributed by atoms with Gasteiger partial charge < -0.3 is 15.1 Å². The molecule has 2 aliphatic rings. The summed E-state index contributed by atoms with van der Waals surface area (Å²) in [6.45, 7) is 7.08. The van der Waals surface area contributed by atoms with Crippen LogP contribution in [0.2, 0.25) is 0 Å². The Morgan fingerprint density at radius 2 is 1.81 bits per heavy atom. The zero-order valence-corrected chi connectivity index (χ0v) is 13.4. The molecule has 2 atom stereocenters. The van der Waals surface area contributed by atoms with Gasteiger partial charge in [-0.2, -0.15) is 0 Å². The third-order valence-corrected chi connectivity index (χ3v) is 4.82. The molecule has 0 spiro atoms. The maximum Gasteiger partial charge on any atom is 0.242 e. The van der Waals surface area contributed by atoms with Crippen LogP contribution in [0.4, 0.5) is 0 Å². The van der Waals surface area contributed by atoms with Crippen molar-refractivity contribution in [2.75, 3.05) is 32.7 Å². The first kappa shape index (κ1) is 16.3. The molecule has 1 saturated carbocycles. The number of piperazine rings is 1. The first-order chi connectivity index (χ1) is 10.2. The van der Waals surface area contributed by atoms with Crippen molar-refractivity contribution in [2.24, 2.45) is 5.92 Å². The number of nitrogens with one attached hydrogen (secondary N) is 1. The van der Waals surface area contributed by atoms with Crippen molar-refractivity contribution >= 4 is 11.8 Å². The number of hydrogen-bond acceptors (Lipinski definition) is 3. The van der Waals surface area contributed by atoms with Crippen LogP contribution in [-0.2, 0) is 9.59 Å². The molecule has 2 rings (SSSR count). The van der Waals surface area contributed by atoms with Crippen LogP contribution >= 0.6 is 0 Å². The fraction of sp³-hybridized carbons (Fsp3) is 0.875. The summed E-state index contributed by atoms with van der Waals surface area (Å²) >= 11 is 0. The summed E-state index contributed by atoms with van der Waals surface area (Å²) in [5, 5.41) is 3.63. The molecular weight excluding hydrogens is 266 g/mol. The molecule has 120 valence electrons. The highest BCUT2D eigenvalue weighted by molar-refractivity contribution is 5.92. The lowest BCUT2D eigenvalue weighted by Crippen LogP contribution is -2.54. The second-order valence-electron chi connectivity index (χ2n) is 6.26. The van der Waals surface area contributed by atoms with Crippen LogP contribution in [0, 0.1) is 5.92 Å². The Balaban J connectivity index is 1.79. The fourth-order valence-corrected chi connectivity index (χ4v) is 3.50. The molecule has 1 saturated heterocycles. The summed E-state index contributed by atoms with van der Waals surface area (Å²) in [5.41, 5.74) is 0. The van der Waals surface area contributed by atoms with Gasteiger partial charge in [0.2, 0.25) is 11.8 Å². The molecule has 21 heavy (non-hydrogen) atoms. The highest BCUT2D eigenvalue weighted by Crippen LogP contribution is 2.28. The van der Waals surface area contributed by atoms with Gasteiger partial charge in [-0.1, -0.05) is 13.3 Å². The van der Waals surface area contributed by atoms with Crippen LogP contribution in [0.25, 0.3) is 0 Å². The maximum atomic E-state index is 12.1. The minimum absolute atomic E-state index is 0.0872. The van der Waals surface area contributed by atoms with Crippen LogP contribution in [0.1, 0.15) is 46.0 Å². The van der Waals surface area contributed by atoms with E-state index in [-0.39, 0.29) is 24.9 Å². The molecule has 2 fully saturated rings. The number of hydrogen-bond donors (Lipinski definition) is 1. The largest absolute Gasteiger partial charge is 0.332 e. The Labute approximate surface area is 128 Å². The van der Waals surface area contributed by atoms with Crippen LogP contribution in [0.3, 0.4) is 0 Å². The predicted octanol–water partition coefficient (Wildman–Crippen LogP) is 1.24. The Hall–Kier alpha value is -1.10. The molecule has 0 radical (unpaired) electrons. The monoisotopic (exact) mass is 295 g/mol. The lowest BCUT2D eigenvalue weighted by Gasteiger charge is -2.34. The number of carbonyl (C=O) groups excluding carboxylic acids is 2. The summed E-state index contributed by atoms with van der Waals surface area (Å²) in [6, 6.07) is 0.604. The van der Waals surface area contributed by atoms with Gasteiger partial charge in [-0.05, 0) is 45.1 Å². The van der Waals surface area contributed by atoms with E-state index in [0.717, 1.165) is 25.9 Å². The van der Waals surface area contributed by atoms with Crippen molar-refractivity contribution in [1.29, 1.82) is 0 Å². The average molecular weight is 295 g/mol. The minimum atomic E-state index is 0.0872. The lowest BCUT2D eigenvalue weighted by atomic mass is 9.99. The third kappa shape index (κ3) is 4.19. The highest BCUT2D eigenvalue weighted by Gasteiger charge is 2.31. The van der Waals surface area contributed by atoms with E-state index in [1.54, 1.807) is 9.80 Å². The first-order valence-electron chi connectivity index (χ1n) is 8.44. The van der Waals surface area contributed by atoms with Crippen molar-refractivity contribution in [3.8, 4) is 0 Å². The van der Waals surface area contributed by atoms with Crippen LogP contribution < -0.4 is 5.32 Å². The van der Waals surface area contributed by atoms with Crippen LogP contribution in [-0.4, -0.2) is 60.4 Å². The molecule has 0 bridgehead atoms. The van der Waals surface area contributed by atoms with Gasteiger partial charge in [0.1, 0.15) is 0 Å². The highest BCUT2D eigenvalue weighted by atomic mass is 16.2. The van der Waals surface area contributed by atoms with Crippen LogP contribution in [0.15, 0.2) is 0 Å². The van der Waals surface area contributed by atoms with Gasteiger partial charge >= 0.3 is 0 Å².